The zero-order valence-electron chi connectivity index (χ0n) is 17.4. The normalized spacial score (nSPS) is 17.4. The SMILES string of the molecule is CN=C(NCc1ccc(N2CCOC(C)C2)nc1)NCc1ccccc1OC(F)(F)F. The van der Waals surface area contributed by atoms with Crippen LogP contribution in [-0.4, -0.2) is 50.2 Å². The third kappa shape index (κ3) is 7.02. The highest BCUT2D eigenvalue weighted by Crippen LogP contribution is 2.26. The molecule has 0 bridgehead atoms. The fourth-order valence-electron chi connectivity index (χ4n) is 3.19. The molecular weight excluding hydrogens is 411 g/mol. The highest BCUT2D eigenvalue weighted by molar-refractivity contribution is 5.79. The van der Waals surface area contributed by atoms with E-state index in [-0.39, 0.29) is 18.4 Å². The van der Waals surface area contributed by atoms with E-state index < -0.39 is 6.36 Å². The summed E-state index contributed by atoms with van der Waals surface area (Å²) < 4.78 is 47.3. The maximum Gasteiger partial charge on any atom is 0.573 e. The van der Waals surface area contributed by atoms with E-state index in [1.165, 1.54) is 12.1 Å². The standard InChI is InChI=1S/C21H26F3N5O2/c1-15-14-29(9-10-30-15)19-8-7-16(11-26-19)12-27-20(25-2)28-13-17-5-3-4-6-18(17)31-21(22,23)24/h3-8,11,15H,9-10,12-14H2,1-2H3,(H2,25,27,28). The average molecular weight is 437 g/mol. The maximum absolute atomic E-state index is 12.6. The zero-order chi connectivity index (χ0) is 22.3. The Bertz CT molecular complexity index is 874. The van der Waals surface area contributed by atoms with Gasteiger partial charge in [0.05, 0.1) is 12.7 Å². The molecule has 1 aromatic heterocycles. The van der Waals surface area contributed by atoms with Crippen LogP contribution in [0.1, 0.15) is 18.1 Å². The molecule has 3 rings (SSSR count). The first-order chi connectivity index (χ1) is 14.8. The van der Waals surface area contributed by atoms with Gasteiger partial charge in [-0.15, -0.1) is 13.2 Å². The number of ether oxygens (including phenoxy) is 2. The Balaban J connectivity index is 1.52. The van der Waals surface area contributed by atoms with Crippen molar-refractivity contribution >= 4 is 11.8 Å². The van der Waals surface area contributed by atoms with E-state index in [2.05, 4.69) is 30.2 Å². The van der Waals surface area contributed by atoms with Gasteiger partial charge in [-0.3, -0.25) is 4.99 Å². The molecule has 1 saturated heterocycles. The van der Waals surface area contributed by atoms with E-state index in [1.807, 2.05) is 19.1 Å². The van der Waals surface area contributed by atoms with Gasteiger partial charge in [-0.05, 0) is 24.6 Å². The van der Waals surface area contributed by atoms with Gasteiger partial charge in [-0.25, -0.2) is 4.98 Å². The van der Waals surface area contributed by atoms with E-state index in [4.69, 9.17) is 4.74 Å². The van der Waals surface area contributed by atoms with Crippen LogP contribution in [0.2, 0.25) is 0 Å². The number of nitrogens with zero attached hydrogens (tertiary/aromatic N) is 3. The molecule has 0 amide bonds. The Kier molecular flexibility index (Phi) is 7.56. The first-order valence-electron chi connectivity index (χ1n) is 9.93. The lowest BCUT2D eigenvalue weighted by molar-refractivity contribution is -0.274. The van der Waals surface area contributed by atoms with Gasteiger partial charge in [0.2, 0.25) is 0 Å². The smallest absolute Gasteiger partial charge is 0.405 e. The van der Waals surface area contributed by atoms with Crippen LogP contribution in [0.4, 0.5) is 19.0 Å². The largest absolute Gasteiger partial charge is 0.573 e. The number of benzene rings is 1. The summed E-state index contributed by atoms with van der Waals surface area (Å²) in [7, 11) is 1.59. The number of guanidine groups is 1. The zero-order valence-corrected chi connectivity index (χ0v) is 17.4. The summed E-state index contributed by atoms with van der Waals surface area (Å²) in [5, 5.41) is 6.13. The molecule has 168 valence electrons. The highest BCUT2D eigenvalue weighted by Gasteiger charge is 2.31. The number of hydrogen-bond acceptors (Lipinski definition) is 5. The van der Waals surface area contributed by atoms with Crippen LogP contribution < -0.4 is 20.3 Å². The second-order valence-electron chi connectivity index (χ2n) is 7.09. The number of nitrogens with one attached hydrogen (secondary N) is 2. The molecule has 1 aromatic carbocycles. The molecule has 2 N–H and O–H groups in total. The van der Waals surface area contributed by atoms with Crippen molar-refractivity contribution in [2.45, 2.75) is 32.5 Å². The van der Waals surface area contributed by atoms with Crippen LogP contribution in [0.3, 0.4) is 0 Å². The van der Waals surface area contributed by atoms with Gasteiger partial charge < -0.3 is 25.0 Å². The number of morpholine rings is 1. The fourth-order valence-corrected chi connectivity index (χ4v) is 3.19. The number of para-hydroxylation sites is 1. The Morgan fingerprint density at radius 3 is 2.68 bits per heavy atom. The number of aliphatic imine (C=N–C) groups is 1. The predicted molar refractivity (Wildman–Crippen MR) is 112 cm³/mol. The maximum atomic E-state index is 12.6. The molecule has 7 nitrogen and oxygen atoms in total. The molecule has 2 heterocycles. The summed E-state index contributed by atoms with van der Waals surface area (Å²) in [4.78, 5) is 10.8. The van der Waals surface area contributed by atoms with E-state index in [0.717, 1.165) is 24.5 Å². The second kappa shape index (κ2) is 10.3. The van der Waals surface area contributed by atoms with Crippen LogP contribution in [0.5, 0.6) is 5.75 Å². The minimum absolute atomic E-state index is 0.123. The van der Waals surface area contributed by atoms with Crippen molar-refractivity contribution in [3.05, 3.63) is 53.7 Å². The molecule has 1 atom stereocenters. The minimum Gasteiger partial charge on any atom is -0.405 e. The Labute approximate surface area is 179 Å². The molecule has 1 aliphatic heterocycles. The third-order valence-electron chi connectivity index (χ3n) is 4.70. The van der Waals surface area contributed by atoms with Crippen molar-refractivity contribution in [1.82, 2.24) is 15.6 Å². The molecular formula is C21H26F3N5O2. The number of hydrogen-bond donors (Lipinski definition) is 2. The molecule has 2 aromatic rings. The van der Waals surface area contributed by atoms with Gasteiger partial charge in [0.25, 0.3) is 0 Å². The van der Waals surface area contributed by atoms with Crippen molar-refractivity contribution in [3.63, 3.8) is 0 Å². The van der Waals surface area contributed by atoms with Crippen molar-refractivity contribution in [2.24, 2.45) is 4.99 Å². The summed E-state index contributed by atoms with van der Waals surface area (Å²) in [5.74, 6) is 1.12. The van der Waals surface area contributed by atoms with Crippen LogP contribution in [0.25, 0.3) is 0 Å². The third-order valence-corrected chi connectivity index (χ3v) is 4.70. The first-order valence-corrected chi connectivity index (χ1v) is 9.93. The van der Waals surface area contributed by atoms with Crippen LogP contribution in [0.15, 0.2) is 47.6 Å². The molecule has 0 radical (unpaired) electrons. The van der Waals surface area contributed by atoms with Gasteiger partial charge in [0.15, 0.2) is 5.96 Å². The van der Waals surface area contributed by atoms with Gasteiger partial charge in [-0.1, -0.05) is 24.3 Å². The van der Waals surface area contributed by atoms with Gasteiger partial charge in [-0.2, -0.15) is 0 Å². The number of anilines is 1. The monoisotopic (exact) mass is 437 g/mol. The van der Waals surface area contributed by atoms with Crippen LogP contribution in [0, 0.1) is 0 Å². The number of alkyl halides is 3. The molecule has 1 unspecified atom stereocenters. The minimum atomic E-state index is -4.74. The molecule has 0 spiro atoms. The number of rotatable bonds is 6. The summed E-state index contributed by atoms with van der Waals surface area (Å²) in [6.45, 7) is 4.93. The lowest BCUT2D eigenvalue weighted by Gasteiger charge is -2.32. The molecule has 10 heteroatoms. The average Bonchev–Trinajstić information content (AvgIpc) is 2.74. The second-order valence-corrected chi connectivity index (χ2v) is 7.09. The Morgan fingerprint density at radius 1 is 1.23 bits per heavy atom. The fraction of sp³-hybridized carbons (Fsp3) is 0.429. The van der Waals surface area contributed by atoms with E-state index in [0.29, 0.717) is 24.7 Å². The molecule has 31 heavy (non-hydrogen) atoms. The number of pyridine rings is 1. The Morgan fingerprint density at radius 2 is 2.00 bits per heavy atom. The quantitative estimate of drug-likeness (QED) is 0.535. The van der Waals surface area contributed by atoms with E-state index in [9.17, 15) is 13.2 Å². The van der Waals surface area contributed by atoms with Gasteiger partial charge >= 0.3 is 6.36 Å². The Hall–Kier alpha value is -3.01. The van der Waals surface area contributed by atoms with Crippen LogP contribution >= 0.6 is 0 Å². The lowest BCUT2D eigenvalue weighted by atomic mass is 10.2. The first kappa shape index (κ1) is 22.7. The van der Waals surface area contributed by atoms with Crippen molar-refractivity contribution < 1.29 is 22.6 Å². The topological polar surface area (TPSA) is 71.0 Å². The predicted octanol–water partition coefficient (Wildman–Crippen LogP) is 3.07. The molecule has 1 aliphatic rings. The summed E-state index contributed by atoms with van der Waals surface area (Å²) >= 11 is 0. The molecule has 0 saturated carbocycles. The van der Waals surface area contributed by atoms with Crippen LogP contribution in [-0.2, 0) is 17.8 Å². The van der Waals surface area contributed by atoms with Crippen molar-refractivity contribution in [1.29, 1.82) is 0 Å². The van der Waals surface area contributed by atoms with E-state index >= 15 is 0 Å². The summed E-state index contributed by atoms with van der Waals surface area (Å²) in [5.41, 5.74) is 1.32. The highest BCUT2D eigenvalue weighted by atomic mass is 19.4. The molecule has 0 aliphatic carbocycles. The van der Waals surface area contributed by atoms with Crippen molar-refractivity contribution in [3.8, 4) is 5.75 Å². The number of halogens is 3. The number of aromatic nitrogens is 1. The summed E-state index contributed by atoms with van der Waals surface area (Å²) in [6.07, 6.45) is -2.77. The van der Waals surface area contributed by atoms with Gasteiger partial charge in [0.1, 0.15) is 11.6 Å². The van der Waals surface area contributed by atoms with E-state index in [1.54, 1.807) is 25.4 Å². The van der Waals surface area contributed by atoms with Crippen molar-refractivity contribution in [2.75, 3.05) is 31.6 Å². The van der Waals surface area contributed by atoms with Gasteiger partial charge in [0, 0.05) is 45.0 Å². The molecule has 1 fully saturated rings. The lowest BCUT2D eigenvalue weighted by Crippen LogP contribution is -2.41. The summed E-state index contributed by atoms with van der Waals surface area (Å²) in [6, 6.07) is 9.94.